The number of carbonyl (C=O) groups is 1. The zero-order chi connectivity index (χ0) is 9.10. The third-order valence-corrected chi connectivity index (χ3v) is 1.84. The van der Waals surface area contributed by atoms with Crippen LogP contribution in [0.5, 0.6) is 0 Å². The number of aromatic nitrogens is 1. The fourth-order valence-electron chi connectivity index (χ4n) is 0.998. The maximum atomic E-state index is 11.4. The monoisotopic (exact) mass is 178 g/mol. The molecule has 0 bridgehead atoms. The zero-order valence-corrected chi connectivity index (χ0v) is 7.06. The molecule has 1 aromatic heterocycles. The first-order valence-corrected chi connectivity index (χ1v) is 4.16. The number of hydrogen-bond acceptors (Lipinski definition) is 3. The van der Waals surface area contributed by atoms with E-state index in [0.717, 1.165) is 6.61 Å². The van der Waals surface area contributed by atoms with E-state index < -0.39 is 0 Å². The molecule has 0 aromatic carbocycles. The summed E-state index contributed by atoms with van der Waals surface area (Å²) in [6, 6.07) is 3.37. The number of rotatable bonds is 3. The maximum absolute atomic E-state index is 11.4. The van der Waals surface area contributed by atoms with Crippen molar-refractivity contribution in [3.63, 3.8) is 0 Å². The molecule has 0 radical (unpaired) electrons. The van der Waals surface area contributed by atoms with Gasteiger partial charge in [-0.25, -0.2) is 0 Å². The van der Waals surface area contributed by atoms with E-state index >= 15 is 0 Å². The van der Waals surface area contributed by atoms with Gasteiger partial charge in [0.25, 0.3) is 5.91 Å². The number of ether oxygens (including phenoxy) is 1. The van der Waals surface area contributed by atoms with Crippen molar-refractivity contribution in [1.82, 2.24) is 10.3 Å². The number of carbonyl (C=O) groups excluding carboxylic acids is 1. The molecule has 13 heavy (non-hydrogen) atoms. The number of pyridine rings is 1. The van der Waals surface area contributed by atoms with E-state index in [1.807, 2.05) is 0 Å². The summed E-state index contributed by atoms with van der Waals surface area (Å²) in [5.74, 6) is -0.0714. The molecule has 1 unspecified atom stereocenters. The highest BCUT2D eigenvalue weighted by Gasteiger charge is 2.22. The molecule has 1 N–H and O–H groups in total. The third-order valence-electron chi connectivity index (χ3n) is 1.84. The lowest BCUT2D eigenvalue weighted by Gasteiger charge is -2.01. The van der Waals surface area contributed by atoms with Gasteiger partial charge in [0.2, 0.25) is 0 Å². The molecule has 2 rings (SSSR count). The molecule has 1 aliphatic rings. The minimum Gasteiger partial charge on any atom is -0.371 e. The molecule has 4 heteroatoms. The zero-order valence-electron chi connectivity index (χ0n) is 7.06. The van der Waals surface area contributed by atoms with Crippen LogP contribution in [0.2, 0.25) is 0 Å². The van der Waals surface area contributed by atoms with Crippen LogP contribution in [0.4, 0.5) is 0 Å². The summed E-state index contributed by atoms with van der Waals surface area (Å²) >= 11 is 0. The Balaban J connectivity index is 1.89. The van der Waals surface area contributed by atoms with E-state index in [4.69, 9.17) is 4.74 Å². The van der Waals surface area contributed by atoms with E-state index in [1.165, 1.54) is 0 Å². The topological polar surface area (TPSA) is 54.5 Å². The van der Waals surface area contributed by atoms with Gasteiger partial charge in [0.05, 0.1) is 12.7 Å². The molecule has 0 spiro atoms. The summed E-state index contributed by atoms with van der Waals surface area (Å²) in [6.07, 6.45) is 3.43. The Morgan fingerprint density at radius 2 is 2.31 bits per heavy atom. The Kier molecular flexibility index (Phi) is 2.23. The predicted octanol–water partition coefficient (Wildman–Crippen LogP) is 0.210. The summed E-state index contributed by atoms with van der Waals surface area (Å²) in [6.45, 7) is 1.36. The lowest BCUT2D eigenvalue weighted by atomic mass is 10.2. The van der Waals surface area contributed by atoms with Crippen LogP contribution in [0.1, 0.15) is 10.4 Å². The molecule has 1 aromatic rings. The van der Waals surface area contributed by atoms with Crippen molar-refractivity contribution < 1.29 is 9.53 Å². The quantitative estimate of drug-likeness (QED) is 0.673. The molecular formula is C9H10N2O2. The van der Waals surface area contributed by atoms with Gasteiger partial charge in [0, 0.05) is 24.5 Å². The third kappa shape index (κ3) is 2.26. The first kappa shape index (κ1) is 8.19. The molecule has 4 nitrogen and oxygen atoms in total. The van der Waals surface area contributed by atoms with Crippen molar-refractivity contribution in [3.8, 4) is 0 Å². The molecule has 0 saturated carbocycles. The average molecular weight is 178 g/mol. The standard InChI is InChI=1S/C9H10N2O2/c12-9(11-5-8-6-13-8)7-1-3-10-4-2-7/h1-4,8H,5-6H2,(H,11,12). The highest BCUT2D eigenvalue weighted by atomic mass is 16.6. The summed E-state index contributed by atoms with van der Waals surface area (Å²) in [4.78, 5) is 15.2. The van der Waals surface area contributed by atoms with Crippen LogP contribution in [-0.4, -0.2) is 30.1 Å². The average Bonchev–Trinajstić information content (AvgIpc) is 2.99. The minimum atomic E-state index is -0.0714. The summed E-state index contributed by atoms with van der Waals surface area (Å²) < 4.78 is 4.97. The van der Waals surface area contributed by atoms with Crippen LogP contribution >= 0.6 is 0 Å². The number of epoxide rings is 1. The second-order valence-corrected chi connectivity index (χ2v) is 2.90. The highest BCUT2D eigenvalue weighted by molar-refractivity contribution is 5.93. The van der Waals surface area contributed by atoms with Crippen molar-refractivity contribution in [2.45, 2.75) is 6.10 Å². The van der Waals surface area contributed by atoms with Gasteiger partial charge < -0.3 is 10.1 Å². The van der Waals surface area contributed by atoms with Crippen LogP contribution in [0.25, 0.3) is 0 Å². The van der Waals surface area contributed by atoms with Crippen molar-refractivity contribution in [3.05, 3.63) is 30.1 Å². The fraction of sp³-hybridized carbons (Fsp3) is 0.333. The molecule has 0 aliphatic carbocycles. The Morgan fingerprint density at radius 3 is 2.92 bits per heavy atom. The molecule has 1 saturated heterocycles. The van der Waals surface area contributed by atoms with Gasteiger partial charge in [-0.2, -0.15) is 0 Å². The SMILES string of the molecule is O=C(NCC1CO1)c1ccncc1. The molecule has 1 aliphatic heterocycles. The molecule has 2 heterocycles. The van der Waals surface area contributed by atoms with Gasteiger partial charge in [-0.1, -0.05) is 0 Å². The number of nitrogens with zero attached hydrogens (tertiary/aromatic N) is 1. The summed E-state index contributed by atoms with van der Waals surface area (Å²) in [5, 5.41) is 2.77. The lowest BCUT2D eigenvalue weighted by molar-refractivity contribution is 0.0950. The minimum absolute atomic E-state index is 0.0714. The Bertz CT molecular complexity index is 296. The van der Waals surface area contributed by atoms with E-state index in [1.54, 1.807) is 24.5 Å². The Labute approximate surface area is 75.9 Å². The Hall–Kier alpha value is -1.42. The lowest BCUT2D eigenvalue weighted by Crippen LogP contribution is -2.27. The molecule has 68 valence electrons. The number of nitrogens with one attached hydrogen (secondary N) is 1. The van der Waals surface area contributed by atoms with Gasteiger partial charge in [0.1, 0.15) is 0 Å². The largest absolute Gasteiger partial charge is 0.371 e. The normalized spacial score (nSPS) is 19.5. The van der Waals surface area contributed by atoms with E-state index in [9.17, 15) is 4.79 Å². The van der Waals surface area contributed by atoms with Crippen molar-refractivity contribution >= 4 is 5.91 Å². The van der Waals surface area contributed by atoms with Gasteiger partial charge in [0.15, 0.2) is 0 Å². The molecule has 1 atom stereocenters. The van der Waals surface area contributed by atoms with E-state index in [-0.39, 0.29) is 12.0 Å². The smallest absolute Gasteiger partial charge is 0.251 e. The number of amides is 1. The van der Waals surface area contributed by atoms with Gasteiger partial charge in [-0.05, 0) is 12.1 Å². The van der Waals surface area contributed by atoms with Crippen LogP contribution in [0.15, 0.2) is 24.5 Å². The second-order valence-electron chi connectivity index (χ2n) is 2.90. The van der Waals surface area contributed by atoms with Crippen molar-refractivity contribution in [2.75, 3.05) is 13.2 Å². The van der Waals surface area contributed by atoms with Crippen LogP contribution < -0.4 is 5.32 Å². The summed E-state index contributed by atoms with van der Waals surface area (Å²) in [5.41, 5.74) is 0.635. The maximum Gasteiger partial charge on any atom is 0.251 e. The first-order chi connectivity index (χ1) is 6.36. The van der Waals surface area contributed by atoms with Crippen LogP contribution in [0, 0.1) is 0 Å². The van der Waals surface area contributed by atoms with Gasteiger partial charge in [-0.15, -0.1) is 0 Å². The van der Waals surface area contributed by atoms with Gasteiger partial charge >= 0.3 is 0 Å². The van der Waals surface area contributed by atoms with Crippen LogP contribution in [-0.2, 0) is 4.74 Å². The Morgan fingerprint density at radius 1 is 1.62 bits per heavy atom. The predicted molar refractivity (Wildman–Crippen MR) is 46.3 cm³/mol. The first-order valence-electron chi connectivity index (χ1n) is 4.16. The van der Waals surface area contributed by atoms with E-state index in [2.05, 4.69) is 10.3 Å². The molecule has 1 fully saturated rings. The summed E-state index contributed by atoms with van der Waals surface area (Å²) in [7, 11) is 0. The van der Waals surface area contributed by atoms with Crippen LogP contribution in [0.3, 0.4) is 0 Å². The van der Waals surface area contributed by atoms with E-state index in [0.29, 0.717) is 12.1 Å². The second kappa shape index (κ2) is 3.53. The highest BCUT2D eigenvalue weighted by Crippen LogP contribution is 2.06. The molecular weight excluding hydrogens is 168 g/mol. The molecule has 1 amide bonds. The fourth-order valence-corrected chi connectivity index (χ4v) is 0.998. The van der Waals surface area contributed by atoms with Gasteiger partial charge in [-0.3, -0.25) is 9.78 Å². The number of hydrogen-bond donors (Lipinski definition) is 1. The van der Waals surface area contributed by atoms with Crippen molar-refractivity contribution in [2.24, 2.45) is 0 Å². The van der Waals surface area contributed by atoms with Crippen molar-refractivity contribution in [1.29, 1.82) is 0 Å².